The molecule has 2 amide bonds. The second-order valence-corrected chi connectivity index (χ2v) is 7.30. The van der Waals surface area contributed by atoms with Crippen LogP contribution in [0.5, 0.6) is 0 Å². The molecule has 27 heavy (non-hydrogen) atoms. The van der Waals surface area contributed by atoms with Crippen LogP contribution in [0.4, 0.5) is 5.82 Å². The Morgan fingerprint density at radius 1 is 1.30 bits per heavy atom. The molecule has 0 atom stereocenters. The molecule has 2 aliphatic rings. The van der Waals surface area contributed by atoms with Crippen LogP contribution in [-0.4, -0.2) is 65.4 Å². The van der Waals surface area contributed by atoms with Gasteiger partial charge in [0.25, 0.3) is 0 Å². The monoisotopic (exact) mass is 375 g/mol. The zero-order chi connectivity index (χ0) is 19.3. The summed E-state index contributed by atoms with van der Waals surface area (Å²) in [7, 11) is 3.45. The third kappa shape index (κ3) is 4.50. The molecule has 1 aromatic rings. The summed E-state index contributed by atoms with van der Waals surface area (Å²) in [6, 6.07) is 1.85. The zero-order valence-electron chi connectivity index (χ0n) is 16.1. The molecule has 2 N–H and O–H groups in total. The van der Waals surface area contributed by atoms with E-state index in [1.807, 2.05) is 24.2 Å². The van der Waals surface area contributed by atoms with E-state index in [0.29, 0.717) is 44.9 Å². The van der Waals surface area contributed by atoms with Crippen molar-refractivity contribution in [3.8, 4) is 0 Å². The Labute approximate surface area is 159 Å². The average molecular weight is 375 g/mol. The number of nitrogens with one attached hydrogen (secondary N) is 2. The first-order chi connectivity index (χ1) is 13.0. The number of aromatic nitrogens is 2. The van der Waals surface area contributed by atoms with Crippen LogP contribution in [0.3, 0.4) is 0 Å². The summed E-state index contributed by atoms with van der Waals surface area (Å²) in [4.78, 5) is 27.5. The minimum absolute atomic E-state index is 0.0665. The highest BCUT2D eigenvalue weighted by atomic mass is 16.5. The van der Waals surface area contributed by atoms with Crippen LogP contribution in [-0.2, 0) is 21.4 Å². The minimum Gasteiger partial charge on any atom is -0.383 e. The van der Waals surface area contributed by atoms with Gasteiger partial charge in [0.2, 0.25) is 11.8 Å². The van der Waals surface area contributed by atoms with Crippen molar-refractivity contribution < 1.29 is 14.3 Å². The average Bonchev–Trinajstić information content (AvgIpc) is 3.34. The molecular formula is C19H29N5O3. The molecule has 0 spiro atoms. The molecule has 148 valence electrons. The molecule has 1 saturated heterocycles. The lowest BCUT2D eigenvalue weighted by molar-refractivity contribution is -0.139. The Morgan fingerprint density at radius 3 is 2.59 bits per heavy atom. The molecule has 0 saturated carbocycles. The maximum Gasteiger partial charge on any atom is 0.245 e. The van der Waals surface area contributed by atoms with Crippen LogP contribution in [0.1, 0.15) is 25.7 Å². The molecule has 1 fully saturated rings. The summed E-state index contributed by atoms with van der Waals surface area (Å²) in [5.41, 5.74) is -0.771. The van der Waals surface area contributed by atoms with Crippen molar-refractivity contribution >= 4 is 17.6 Å². The molecule has 0 aromatic carbocycles. The fraction of sp³-hybridized carbons (Fsp3) is 0.632. The lowest BCUT2D eigenvalue weighted by atomic mass is 9.85. The van der Waals surface area contributed by atoms with Gasteiger partial charge >= 0.3 is 0 Å². The molecular weight excluding hydrogens is 346 g/mol. The van der Waals surface area contributed by atoms with E-state index in [2.05, 4.69) is 27.9 Å². The lowest BCUT2D eigenvalue weighted by Gasteiger charge is -2.41. The Kier molecular flexibility index (Phi) is 6.15. The maximum atomic E-state index is 13.0. The fourth-order valence-corrected chi connectivity index (χ4v) is 3.76. The van der Waals surface area contributed by atoms with Crippen LogP contribution in [0.25, 0.3) is 0 Å². The molecule has 8 nitrogen and oxygen atoms in total. The normalized spacial score (nSPS) is 19.3. The number of carbonyl (C=O) groups excluding carboxylic acids is 2. The SMILES string of the molecule is COCCNC(=O)C1(Nc2ccn(C)n2)CCN(C(=O)C2CC=CC2)CC1. The molecule has 3 rings (SSSR count). The van der Waals surface area contributed by atoms with E-state index in [1.54, 1.807) is 11.8 Å². The van der Waals surface area contributed by atoms with Crippen molar-refractivity contribution in [3.05, 3.63) is 24.4 Å². The lowest BCUT2D eigenvalue weighted by Crippen LogP contribution is -2.59. The van der Waals surface area contributed by atoms with Gasteiger partial charge in [-0.1, -0.05) is 12.2 Å². The van der Waals surface area contributed by atoms with Gasteiger partial charge in [-0.15, -0.1) is 0 Å². The van der Waals surface area contributed by atoms with Gasteiger partial charge in [0, 0.05) is 52.0 Å². The van der Waals surface area contributed by atoms with Crippen LogP contribution in [0.2, 0.25) is 0 Å². The van der Waals surface area contributed by atoms with Gasteiger partial charge in [-0.05, 0) is 25.7 Å². The van der Waals surface area contributed by atoms with Crippen molar-refractivity contribution in [1.82, 2.24) is 20.0 Å². The molecule has 0 bridgehead atoms. The molecule has 1 aliphatic heterocycles. The topological polar surface area (TPSA) is 88.5 Å². The molecule has 1 aromatic heterocycles. The summed E-state index contributed by atoms with van der Waals surface area (Å²) in [6.07, 6.45) is 8.73. The smallest absolute Gasteiger partial charge is 0.245 e. The largest absolute Gasteiger partial charge is 0.383 e. The van der Waals surface area contributed by atoms with Crippen LogP contribution in [0, 0.1) is 5.92 Å². The minimum atomic E-state index is -0.771. The number of carbonyl (C=O) groups is 2. The van der Waals surface area contributed by atoms with Gasteiger partial charge in [-0.3, -0.25) is 14.3 Å². The van der Waals surface area contributed by atoms with E-state index in [-0.39, 0.29) is 17.7 Å². The third-order valence-electron chi connectivity index (χ3n) is 5.39. The number of likely N-dealkylation sites (tertiary alicyclic amines) is 1. The summed E-state index contributed by atoms with van der Waals surface area (Å²) >= 11 is 0. The van der Waals surface area contributed by atoms with Gasteiger partial charge in [-0.2, -0.15) is 5.10 Å². The second-order valence-electron chi connectivity index (χ2n) is 7.30. The highest BCUT2D eigenvalue weighted by molar-refractivity contribution is 5.90. The number of nitrogens with zero attached hydrogens (tertiary/aromatic N) is 3. The Morgan fingerprint density at radius 2 is 2.00 bits per heavy atom. The predicted octanol–water partition coefficient (Wildman–Crippen LogP) is 0.922. The van der Waals surface area contributed by atoms with E-state index < -0.39 is 5.54 Å². The molecule has 1 aliphatic carbocycles. The summed E-state index contributed by atoms with van der Waals surface area (Å²) in [5, 5.41) is 10.6. The summed E-state index contributed by atoms with van der Waals surface area (Å²) < 4.78 is 6.73. The number of aryl methyl sites for hydroxylation is 1. The zero-order valence-corrected chi connectivity index (χ0v) is 16.1. The van der Waals surface area contributed by atoms with E-state index in [1.165, 1.54) is 0 Å². The first kappa shape index (κ1) is 19.4. The highest BCUT2D eigenvalue weighted by Crippen LogP contribution is 2.29. The van der Waals surface area contributed by atoms with Gasteiger partial charge in [0.05, 0.1) is 6.61 Å². The summed E-state index contributed by atoms with van der Waals surface area (Å²) in [6.45, 7) is 2.04. The Bertz CT molecular complexity index is 683. The van der Waals surface area contributed by atoms with E-state index >= 15 is 0 Å². The summed E-state index contributed by atoms with van der Waals surface area (Å²) in [5.74, 6) is 0.863. The number of methoxy groups -OCH3 is 1. The molecule has 0 unspecified atom stereocenters. The quantitative estimate of drug-likeness (QED) is 0.547. The number of hydrogen-bond donors (Lipinski definition) is 2. The maximum absolute atomic E-state index is 13.0. The Hall–Kier alpha value is -2.35. The third-order valence-corrected chi connectivity index (χ3v) is 5.39. The van der Waals surface area contributed by atoms with Crippen molar-refractivity contribution in [2.24, 2.45) is 13.0 Å². The number of allylic oxidation sites excluding steroid dienone is 2. The van der Waals surface area contributed by atoms with Crippen molar-refractivity contribution in [2.75, 3.05) is 38.7 Å². The van der Waals surface area contributed by atoms with Crippen LogP contribution < -0.4 is 10.6 Å². The van der Waals surface area contributed by atoms with Crippen LogP contribution >= 0.6 is 0 Å². The van der Waals surface area contributed by atoms with Gasteiger partial charge in [-0.25, -0.2) is 0 Å². The molecule has 0 radical (unpaired) electrons. The van der Waals surface area contributed by atoms with E-state index in [4.69, 9.17) is 4.74 Å². The van der Waals surface area contributed by atoms with E-state index in [0.717, 1.165) is 12.8 Å². The first-order valence-corrected chi connectivity index (χ1v) is 9.53. The van der Waals surface area contributed by atoms with E-state index in [9.17, 15) is 9.59 Å². The van der Waals surface area contributed by atoms with Gasteiger partial charge < -0.3 is 20.3 Å². The Balaban J connectivity index is 1.67. The number of hydrogen-bond acceptors (Lipinski definition) is 5. The van der Waals surface area contributed by atoms with Crippen LogP contribution in [0.15, 0.2) is 24.4 Å². The number of ether oxygens (including phenoxy) is 1. The number of anilines is 1. The predicted molar refractivity (Wildman–Crippen MR) is 102 cm³/mol. The number of amides is 2. The fourth-order valence-electron chi connectivity index (χ4n) is 3.76. The highest BCUT2D eigenvalue weighted by Gasteiger charge is 2.43. The van der Waals surface area contributed by atoms with Crippen molar-refractivity contribution in [1.29, 1.82) is 0 Å². The van der Waals surface area contributed by atoms with Gasteiger partial charge in [0.15, 0.2) is 0 Å². The van der Waals surface area contributed by atoms with Crippen molar-refractivity contribution in [3.63, 3.8) is 0 Å². The molecule has 8 heteroatoms. The van der Waals surface area contributed by atoms with Gasteiger partial charge in [0.1, 0.15) is 11.4 Å². The number of piperidine rings is 1. The number of rotatable bonds is 7. The van der Waals surface area contributed by atoms with Crippen molar-refractivity contribution in [2.45, 2.75) is 31.2 Å². The first-order valence-electron chi connectivity index (χ1n) is 9.53. The second kappa shape index (κ2) is 8.56. The standard InChI is InChI=1S/C19H29N5O3/c1-23-11-7-16(22-23)21-19(18(26)20-10-14-27-2)8-12-24(13-9-19)17(25)15-5-3-4-6-15/h3-4,7,11,15H,5-6,8-10,12-14H2,1-2H3,(H,20,26)(H,21,22). The molecule has 2 heterocycles.